The molecular weight excluding hydrogens is 228 g/mol. The lowest BCUT2D eigenvalue weighted by atomic mass is 10.0. The molecule has 1 aromatic carbocycles. The molecule has 2 rings (SSSR count). The first-order valence-electron chi connectivity index (χ1n) is 6.15. The van der Waals surface area contributed by atoms with Crippen LogP contribution in [0.25, 0.3) is 0 Å². The highest BCUT2D eigenvalue weighted by Gasteiger charge is 2.24. The third-order valence-corrected chi connectivity index (χ3v) is 3.07. The average Bonchev–Trinajstić information content (AvgIpc) is 2.46. The van der Waals surface area contributed by atoms with Crippen molar-refractivity contribution in [2.24, 2.45) is 5.92 Å². The number of benzene rings is 1. The first-order valence-corrected chi connectivity index (χ1v) is 6.15. The fourth-order valence-corrected chi connectivity index (χ4v) is 2.06. The van der Waals surface area contributed by atoms with Gasteiger partial charge in [0.15, 0.2) is 0 Å². The molecule has 0 aromatic heterocycles. The molecule has 1 amide bonds. The van der Waals surface area contributed by atoms with Gasteiger partial charge < -0.3 is 9.64 Å². The van der Waals surface area contributed by atoms with Crippen LogP contribution < -0.4 is 0 Å². The maximum absolute atomic E-state index is 11.8. The summed E-state index contributed by atoms with van der Waals surface area (Å²) in [6, 6.07) is 11.8. The molecule has 1 saturated heterocycles. The van der Waals surface area contributed by atoms with Gasteiger partial charge >= 0.3 is 6.09 Å². The zero-order chi connectivity index (χ0) is 12.8. The van der Waals surface area contributed by atoms with Crippen molar-refractivity contribution in [1.82, 2.24) is 4.90 Å². The van der Waals surface area contributed by atoms with Crippen LogP contribution in [0.2, 0.25) is 0 Å². The Balaban J connectivity index is 1.83. The summed E-state index contributed by atoms with van der Waals surface area (Å²) in [6.07, 6.45) is 1.43. The van der Waals surface area contributed by atoms with E-state index >= 15 is 0 Å². The number of hydrogen-bond acceptors (Lipinski definition) is 3. The molecule has 94 valence electrons. The van der Waals surface area contributed by atoms with Crippen LogP contribution in [0.4, 0.5) is 4.79 Å². The molecule has 0 aliphatic carbocycles. The molecule has 18 heavy (non-hydrogen) atoms. The van der Waals surface area contributed by atoms with Gasteiger partial charge in [-0.25, -0.2) is 4.79 Å². The van der Waals surface area contributed by atoms with Crippen molar-refractivity contribution in [3.05, 3.63) is 35.9 Å². The minimum absolute atomic E-state index is 0.0528. The van der Waals surface area contributed by atoms with Crippen LogP contribution in [0.1, 0.15) is 18.4 Å². The van der Waals surface area contributed by atoms with Crippen LogP contribution in [-0.4, -0.2) is 24.1 Å². The minimum atomic E-state index is -0.321. The molecule has 4 nitrogen and oxygen atoms in total. The molecule has 1 aromatic rings. The van der Waals surface area contributed by atoms with Gasteiger partial charge in [-0.05, 0) is 18.4 Å². The molecule has 0 bridgehead atoms. The summed E-state index contributed by atoms with van der Waals surface area (Å²) >= 11 is 0. The Bertz CT molecular complexity index is 439. The topological polar surface area (TPSA) is 53.3 Å². The highest BCUT2D eigenvalue weighted by Crippen LogP contribution is 2.16. The van der Waals surface area contributed by atoms with E-state index in [4.69, 9.17) is 10.00 Å². The van der Waals surface area contributed by atoms with Crippen LogP contribution >= 0.6 is 0 Å². The zero-order valence-corrected chi connectivity index (χ0v) is 10.2. The second kappa shape index (κ2) is 6.06. The summed E-state index contributed by atoms with van der Waals surface area (Å²) in [6.45, 7) is 1.46. The number of likely N-dealkylation sites (tertiary alicyclic amines) is 1. The van der Waals surface area contributed by atoms with E-state index in [1.54, 1.807) is 4.90 Å². The smallest absolute Gasteiger partial charge is 0.410 e. The lowest BCUT2D eigenvalue weighted by Crippen LogP contribution is -2.39. The lowest BCUT2D eigenvalue weighted by Gasteiger charge is -2.28. The summed E-state index contributed by atoms with van der Waals surface area (Å²) < 4.78 is 5.24. The van der Waals surface area contributed by atoms with Gasteiger partial charge in [0.25, 0.3) is 0 Å². The number of rotatable bonds is 2. The van der Waals surface area contributed by atoms with Crippen molar-refractivity contribution in [2.45, 2.75) is 19.4 Å². The van der Waals surface area contributed by atoms with Crippen molar-refractivity contribution < 1.29 is 9.53 Å². The summed E-state index contributed by atoms with van der Waals surface area (Å²) in [5.41, 5.74) is 0.972. The SMILES string of the molecule is N#C[C@@H]1CCCN(C(=O)OCc2ccccc2)C1. The van der Waals surface area contributed by atoms with Crippen LogP contribution in [0, 0.1) is 17.2 Å². The first kappa shape index (κ1) is 12.4. The number of piperidine rings is 1. The summed E-state index contributed by atoms with van der Waals surface area (Å²) in [4.78, 5) is 13.5. The number of carbonyl (C=O) groups is 1. The zero-order valence-electron chi connectivity index (χ0n) is 10.2. The maximum atomic E-state index is 11.8. The Labute approximate surface area is 107 Å². The highest BCUT2D eigenvalue weighted by molar-refractivity contribution is 5.67. The Kier molecular flexibility index (Phi) is 4.19. The third kappa shape index (κ3) is 3.24. The molecule has 4 heteroatoms. The van der Waals surface area contributed by atoms with Crippen LogP contribution in [-0.2, 0) is 11.3 Å². The van der Waals surface area contributed by atoms with E-state index in [9.17, 15) is 4.79 Å². The summed E-state index contributed by atoms with van der Waals surface area (Å²) in [5, 5.41) is 8.87. The van der Waals surface area contributed by atoms with Gasteiger partial charge in [0, 0.05) is 13.1 Å². The molecule has 0 spiro atoms. The third-order valence-electron chi connectivity index (χ3n) is 3.07. The summed E-state index contributed by atoms with van der Waals surface area (Å²) in [5.74, 6) is -0.0528. The summed E-state index contributed by atoms with van der Waals surface area (Å²) in [7, 11) is 0. The predicted molar refractivity (Wildman–Crippen MR) is 66.5 cm³/mol. The molecule has 1 atom stereocenters. The Morgan fingerprint density at radius 3 is 2.94 bits per heavy atom. The fraction of sp³-hybridized carbons (Fsp3) is 0.429. The average molecular weight is 244 g/mol. The Morgan fingerprint density at radius 1 is 1.44 bits per heavy atom. The number of nitriles is 1. The van der Waals surface area contributed by atoms with Crippen LogP contribution in [0.5, 0.6) is 0 Å². The van der Waals surface area contributed by atoms with E-state index in [0.29, 0.717) is 13.1 Å². The second-order valence-corrected chi connectivity index (χ2v) is 4.45. The van der Waals surface area contributed by atoms with E-state index in [-0.39, 0.29) is 18.6 Å². The van der Waals surface area contributed by atoms with E-state index < -0.39 is 0 Å². The quantitative estimate of drug-likeness (QED) is 0.803. The molecule has 0 unspecified atom stereocenters. The monoisotopic (exact) mass is 244 g/mol. The largest absolute Gasteiger partial charge is 0.445 e. The molecule has 0 N–H and O–H groups in total. The van der Waals surface area contributed by atoms with Crippen molar-refractivity contribution in [3.63, 3.8) is 0 Å². The Hall–Kier alpha value is -2.02. The lowest BCUT2D eigenvalue weighted by molar-refractivity contribution is 0.0842. The number of carbonyl (C=O) groups excluding carboxylic acids is 1. The number of hydrogen-bond donors (Lipinski definition) is 0. The van der Waals surface area contributed by atoms with Crippen LogP contribution in [0.3, 0.4) is 0 Å². The molecule has 0 saturated carbocycles. The van der Waals surface area contributed by atoms with Gasteiger partial charge in [-0.1, -0.05) is 30.3 Å². The molecular formula is C14H16N2O2. The number of nitrogens with zero attached hydrogens (tertiary/aromatic N) is 2. The second-order valence-electron chi connectivity index (χ2n) is 4.45. The van der Waals surface area contributed by atoms with Crippen molar-refractivity contribution in [3.8, 4) is 6.07 Å². The normalized spacial score (nSPS) is 19.1. The van der Waals surface area contributed by atoms with E-state index in [0.717, 1.165) is 18.4 Å². The van der Waals surface area contributed by atoms with Crippen molar-refractivity contribution >= 4 is 6.09 Å². The molecule has 1 aliphatic heterocycles. The van der Waals surface area contributed by atoms with Gasteiger partial charge in [0.05, 0.1) is 12.0 Å². The standard InChI is InChI=1S/C14H16N2O2/c15-9-13-7-4-8-16(10-13)14(17)18-11-12-5-2-1-3-6-12/h1-3,5-6,13H,4,7-8,10-11H2/t13-/m0/s1. The van der Waals surface area contributed by atoms with E-state index in [1.807, 2.05) is 30.3 Å². The Morgan fingerprint density at radius 2 is 2.22 bits per heavy atom. The van der Waals surface area contributed by atoms with Crippen molar-refractivity contribution in [1.29, 1.82) is 5.26 Å². The first-order chi connectivity index (χ1) is 8.79. The molecule has 1 aliphatic rings. The minimum Gasteiger partial charge on any atom is -0.445 e. The molecule has 0 radical (unpaired) electrons. The van der Waals surface area contributed by atoms with Gasteiger partial charge in [-0.2, -0.15) is 5.26 Å². The van der Waals surface area contributed by atoms with Crippen molar-refractivity contribution in [2.75, 3.05) is 13.1 Å². The molecule has 1 heterocycles. The van der Waals surface area contributed by atoms with Gasteiger partial charge in [-0.3, -0.25) is 0 Å². The number of ether oxygens (including phenoxy) is 1. The maximum Gasteiger partial charge on any atom is 0.410 e. The van der Waals surface area contributed by atoms with Gasteiger partial charge in [-0.15, -0.1) is 0 Å². The van der Waals surface area contributed by atoms with Gasteiger partial charge in [0.1, 0.15) is 6.61 Å². The van der Waals surface area contributed by atoms with Gasteiger partial charge in [0.2, 0.25) is 0 Å². The fourth-order valence-electron chi connectivity index (χ4n) is 2.06. The molecule has 1 fully saturated rings. The van der Waals surface area contributed by atoms with E-state index in [1.165, 1.54) is 0 Å². The predicted octanol–water partition coefficient (Wildman–Crippen LogP) is 2.56. The van der Waals surface area contributed by atoms with Crippen LogP contribution in [0.15, 0.2) is 30.3 Å². The highest BCUT2D eigenvalue weighted by atomic mass is 16.6. The number of amides is 1. The van der Waals surface area contributed by atoms with E-state index in [2.05, 4.69) is 6.07 Å².